The van der Waals surface area contributed by atoms with Crippen LogP contribution < -0.4 is 10.1 Å². The lowest BCUT2D eigenvalue weighted by molar-refractivity contribution is 0.398. The number of benzene rings is 1. The zero-order chi connectivity index (χ0) is 17.1. The summed E-state index contributed by atoms with van der Waals surface area (Å²) in [4.78, 5) is 4.14. The van der Waals surface area contributed by atoms with E-state index in [0.29, 0.717) is 33.3 Å². The van der Waals surface area contributed by atoms with Crippen molar-refractivity contribution in [2.24, 2.45) is 0 Å². The van der Waals surface area contributed by atoms with Crippen LogP contribution in [-0.2, 0) is 0 Å². The van der Waals surface area contributed by atoms with Crippen molar-refractivity contribution >= 4 is 28.9 Å². The molecule has 2 aromatic heterocycles. The van der Waals surface area contributed by atoms with Crippen molar-refractivity contribution < 1.29 is 9.15 Å². The van der Waals surface area contributed by atoms with E-state index in [9.17, 15) is 0 Å². The summed E-state index contributed by atoms with van der Waals surface area (Å²) in [5.41, 5.74) is 1.45. The Balaban J connectivity index is 1.76. The van der Waals surface area contributed by atoms with Crippen LogP contribution in [0, 0.1) is 0 Å². The molecule has 0 fully saturated rings. The lowest BCUT2D eigenvalue weighted by Gasteiger charge is -2.11. The van der Waals surface area contributed by atoms with Gasteiger partial charge in [-0.15, -0.1) is 10.2 Å². The Morgan fingerprint density at radius 3 is 2.67 bits per heavy atom. The second-order valence-electron chi connectivity index (χ2n) is 5.02. The minimum atomic E-state index is -0.201. The quantitative estimate of drug-likeness (QED) is 0.711. The highest BCUT2D eigenvalue weighted by Crippen LogP contribution is 2.30. The molecule has 0 spiro atoms. The van der Waals surface area contributed by atoms with Crippen LogP contribution in [0.5, 0.6) is 5.88 Å². The molecule has 1 N–H and O–H groups in total. The second-order valence-corrected chi connectivity index (χ2v) is 5.87. The van der Waals surface area contributed by atoms with E-state index in [1.807, 2.05) is 13.0 Å². The number of anilines is 1. The topological polar surface area (TPSA) is 73.1 Å². The molecular formula is C16H14Cl2N4O2. The maximum Gasteiger partial charge on any atom is 0.249 e. The van der Waals surface area contributed by atoms with Crippen LogP contribution in [0.2, 0.25) is 10.0 Å². The van der Waals surface area contributed by atoms with Crippen LogP contribution in [0.4, 0.5) is 5.69 Å². The van der Waals surface area contributed by atoms with Crippen LogP contribution in [0.1, 0.15) is 18.9 Å². The van der Waals surface area contributed by atoms with E-state index in [2.05, 4.69) is 20.5 Å². The minimum Gasteiger partial charge on any atom is -0.481 e. The van der Waals surface area contributed by atoms with E-state index in [4.69, 9.17) is 32.4 Å². The van der Waals surface area contributed by atoms with E-state index >= 15 is 0 Å². The molecule has 124 valence electrons. The van der Waals surface area contributed by atoms with Crippen LogP contribution in [0.15, 0.2) is 40.9 Å². The highest BCUT2D eigenvalue weighted by Gasteiger charge is 2.17. The van der Waals surface area contributed by atoms with Gasteiger partial charge in [-0.25, -0.2) is 4.98 Å². The summed E-state index contributed by atoms with van der Waals surface area (Å²) in [6.07, 6.45) is 1.67. The van der Waals surface area contributed by atoms with E-state index in [1.54, 1.807) is 37.6 Å². The molecule has 2 heterocycles. The molecule has 0 unspecified atom stereocenters. The van der Waals surface area contributed by atoms with E-state index in [1.165, 1.54) is 0 Å². The smallest absolute Gasteiger partial charge is 0.249 e. The molecule has 0 amide bonds. The van der Waals surface area contributed by atoms with Gasteiger partial charge in [0.1, 0.15) is 6.04 Å². The molecular weight excluding hydrogens is 351 g/mol. The zero-order valence-corrected chi connectivity index (χ0v) is 14.5. The number of nitrogens with zero attached hydrogens (tertiary/aromatic N) is 3. The summed E-state index contributed by atoms with van der Waals surface area (Å²) in [6, 6.07) is 8.52. The van der Waals surface area contributed by atoms with Gasteiger partial charge < -0.3 is 14.5 Å². The van der Waals surface area contributed by atoms with Crippen LogP contribution in [0.25, 0.3) is 11.5 Å². The highest BCUT2D eigenvalue weighted by atomic mass is 35.5. The fourth-order valence-electron chi connectivity index (χ4n) is 2.08. The van der Waals surface area contributed by atoms with Gasteiger partial charge in [-0.2, -0.15) is 0 Å². The molecule has 3 aromatic rings. The number of aromatic nitrogens is 3. The molecule has 0 saturated heterocycles. The van der Waals surface area contributed by atoms with Gasteiger partial charge in [0.25, 0.3) is 0 Å². The number of nitrogens with one attached hydrogen (secondary N) is 1. The van der Waals surface area contributed by atoms with E-state index < -0.39 is 0 Å². The van der Waals surface area contributed by atoms with Crippen molar-refractivity contribution in [1.82, 2.24) is 15.2 Å². The van der Waals surface area contributed by atoms with Crippen LogP contribution in [-0.4, -0.2) is 22.3 Å². The first-order chi connectivity index (χ1) is 11.6. The van der Waals surface area contributed by atoms with Crippen molar-refractivity contribution in [2.75, 3.05) is 12.4 Å². The molecule has 24 heavy (non-hydrogen) atoms. The average Bonchev–Trinajstić information content (AvgIpc) is 3.05. The molecule has 3 rings (SSSR count). The van der Waals surface area contributed by atoms with Gasteiger partial charge in [-0.05, 0) is 31.2 Å². The number of hydrogen-bond acceptors (Lipinski definition) is 6. The van der Waals surface area contributed by atoms with Crippen molar-refractivity contribution in [3.8, 4) is 17.3 Å². The van der Waals surface area contributed by atoms with Crippen LogP contribution >= 0.6 is 23.2 Å². The Kier molecular flexibility index (Phi) is 4.87. The molecule has 0 radical (unpaired) electrons. The summed E-state index contributed by atoms with van der Waals surface area (Å²) in [5.74, 6) is 1.32. The molecule has 1 atom stereocenters. The van der Waals surface area contributed by atoms with Gasteiger partial charge in [0.05, 0.1) is 29.6 Å². The van der Waals surface area contributed by atoms with Gasteiger partial charge in [-0.1, -0.05) is 23.2 Å². The molecule has 6 nitrogen and oxygen atoms in total. The Morgan fingerprint density at radius 1 is 1.17 bits per heavy atom. The summed E-state index contributed by atoms with van der Waals surface area (Å²) < 4.78 is 10.7. The van der Waals surface area contributed by atoms with Crippen LogP contribution in [0.3, 0.4) is 0 Å². The van der Waals surface area contributed by atoms with Gasteiger partial charge in [0.15, 0.2) is 0 Å². The molecule has 0 saturated carbocycles. The lowest BCUT2D eigenvalue weighted by Crippen LogP contribution is -2.07. The van der Waals surface area contributed by atoms with E-state index in [0.717, 1.165) is 5.69 Å². The first-order valence-electron chi connectivity index (χ1n) is 7.12. The third-order valence-electron chi connectivity index (χ3n) is 3.30. The Hall–Kier alpha value is -2.31. The fraction of sp³-hybridized carbons (Fsp3) is 0.188. The number of hydrogen-bond donors (Lipinski definition) is 1. The third-order valence-corrected chi connectivity index (χ3v) is 3.85. The lowest BCUT2D eigenvalue weighted by atomic mass is 10.2. The third kappa shape index (κ3) is 3.60. The molecule has 0 aliphatic carbocycles. The van der Waals surface area contributed by atoms with Crippen molar-refractivity contribution in [1.29, 1.82) is 0 Å². The number of methoxy groups -OCH3 is 1. The Labute approximate surface area is 148 Å². The highest BCUT2D eigenvalue weighted by molar-refractivity contribution is 6.36. The van der Waals surface area contributed by atoms with Crippen molar-refractivity contribution in [2.45, 2.75) is 13.0 Å². The van der Waals surface area contributed by atoms with Crippen molar-refractivity contribution in [3.63, 3.8) is 0 Å². The summed E-state index contributed by atoms with van der Waals surface area (Å²) in [7, 11) is 1.57. The molecule has 0 aliphatic rings. The number of pyridine rings is 1. The maximum atomic E-state index is 6.16. The van der Waals surface area contributed by atoms with E-state index in [-0.39, 0.29) is 6.04 Å². The molecule has 8 heteroatoms. The summed E-state index contributed by atoms with van der Waals surface area (Å²) in [6.45, 7) is 1.91. The normalized spacial score (nSPS) is 12.0. The predicted molar refractivity (Wildman–Crippen MR) is 92.6 cm³/mol. The standard InChI is InChI=1S/C16H14Cl2N4O2/c1-9(20-11-4-6-14(23-2)19-8-11)15-21-22-16(24-15)12-5-3-10(17)7-13(12)18/h3-9,20H,1-2H3/t9-/m1/s1. The Bertz CT molecular complexity index is 836. The molecule has 0 aliphatic heterocycles. The largest absolute Gasteiger partial charge is 0.481 e. The summed E-state index contributed by atoms with van der Waals surface area (Å²) >= 11 is 12.1. The maximum absolute atomic E-state index is 6.16. The number of ether oxygens (including phenoxy) is 1. The number of halogens is 2. The predicted octanol–water partition coefficient (Wildman–Crippen LogP) is 4.62. The Morgan fingerprint density at radius 2 is 2.00 bits per heavy atom. The second kappa shape index (κ2) is 7.07. The zero-order valence-electron chi connectivity index (χ0n) is 13.0. The van der Waals surface area contributed by atoms with Gasteiger partial charge in [-0.3, -0.25) is 0 Å². The number of rotatable bonds is 5. The van der Waals surface area contributed by atoms with Gasteiger partial charge in [0, 0.05) is 11.1 Å². The van der Waals surface area contributed by atoms with Crippen molar-refractivity contribution in [3.05, 3.63) is 52.5 Å². The molecule has 1 aromatic carbocycles. The average molecular weight is 365 g/mol. The van der Waals surface area contributed by atoms with Gasteiger partial charge >= 0.3 is 0 Å². The minimum absolute atomic E-state index is 0.201. The first-order valence-corrected chi connectivity index (χ1v) is 7.88. The van der Waals surface area contributed by atoms with Gasteiger partial charge in [0.2, 0.25) is 17.7 Å². The molecule has 0 bridgehead atoms. The monoisotopic (exact) mass is 364 g/mol. The first kappa shape index (κ1) is 16.5. The summed E-state index contributed by atoms with van der Waals surface area (Å²) in [5, 5.41) is 12.3. The SMILES string of the molecule is COc1ccc(N[C@H](C)c2nnc(-c3ccc(Cl)cc3Cl)o2)cn1. The fourth-order valence-corrected chi connectivity index (χ4v) is 2.57.